The molecule has 1 aliphatic carbocycles. The lowest BCUT2D eigenvalue weighted by atomic mass is 9.93. The summed E-state index contributed by atoms with van der Waals surface area (Å²) in [5.74, 6) is -0.00975. The normalized spacial score (nSPS) is 22.5. The van der Waals surface area contributed by atoms with E-state index in [4.69, 9.17) is 23.2 Å². The maximum Gasteiger partial charge on any atom is 0.254 e. The molecule has 2 aromatic rings. The molecule has 2 unspecified atom stereocenters. The Morgan fingerprint density at radius 2 is 1.79 bits per heavy atom. The van der Waals surface area contributed by atoms with E-state index >= 15 is 0 Å². The zero-order chi connectivity index (χ0) is 19.7. The summed E-state index contributed by atoms with van der Waals surface area (Å²) in [6, 6.07) is 14.1. The number of likely N-dealkylation sites (N-methyl/N-ethyl adjacent to an activating group) is 1. The fraction of sp³-hybridized carbons (Fsp3) is 0.435. The van der Waals surface area contributed by atoms with Crippen molar-refractivity contribution in [3.63, 3.8) is 0 Å². The second-order valence-electron chi connectivity index (χ2n) is 7.89. The number of aryl methyl sites for hydroxylation is 1. The van der Waals surface area contributed by atoms with Crippen LogP contribution in [0.25, 0.3) is 0 Å². The van der Waals surface area contributed by atoms with Crippen LogP contribution in [0.4, 0.5) is 0 Å². The van der Waals surface area contributed by atoms with Crippen molar-refractivity contribution in [2.75, 3.05) is 20.1 Å². The highest BCUT2D eigenvalue weighted by Gasteiger charge is 2.37. The van der Waals surface area contributed by atoms with E-state index in [0.717, 1.165) is 32.4 Å². The Morgan fingerprint density at radius 3 is 2.54 bits per heavy atom. The van der Waals surface area contributed by atoms with Gasteiger partial charge in [0, 0.05) is 18.7 Å². The van der Waals surface area contributed by atoms with Crippen molar-refractivity contribution in [2.24, 2.45) is 0 Å². The smallest absolute Gasteiger partial charge is 0.254 e. The molecule has 4 rings (SSSR count). The molecule has 148 valence electrons. The molecule has 1 heterocycles. The molecule has 2 aliphatic rings. The van der Waals surface area contributed by atoms with Crippen LogP contribution in [0.15, 0.2) is 42.5 Å². The summed E-state index contributed by atoms with van der Waals surface area (Å²) in [6.45, 7) is 2.25. The van der Waals surface area contributed by atoms with Gasteiger partial charge in [-0.05, 0) is 74.5 Å². The van der Waals surface area contributed by atoms with Gasteiger partial charge in [-0.15, -0.1) is 0 Å². The van der Waals surface area contributed by atoms with Crippen LogP contribution in [0.1, 0.15) is 53.2 Å². The Balaban J connectivity index is 1.72. The van der Waals surface area contributed by atoms with E-state index in [1.54, 1.807) is 18.2 Å². The van der Waals surface area contributed by atoms with Gasteiger partial charge in [-0.1, -0.05) is 47.5 Å². The van der Waals surface area contributed by atoms with Crippen LogP contribution in [0.2, 0.25) is 10.0 Å². The van der Waals surface area contributed by atoms with Gasteiger partial charge in [0.15, 0.2) is 0 Å². The number of likely N-dealkylation sites (tertiary alicyclic amines) is 1. The largest absolute Gasteiger partial charge is 0.333 e. The van der Waals surface area contributed by atoms with Crippen LogP contribution in [0.3, 0.4) is 0 Å². The molecule has 1 aliphatic heterocycles. The highest BCUT2D eigenvalue weighted by molar-refractivity contribution is 6.42. The third kappa shape index (κ3) is 3.80. The lowest BCUT2D eigenvalue weighted by Crippen LogP contribution is -2.45. The summed E-state index contributed by atoms with van der Waals surface area (Å²) >= 11 is 12.2. The van der Waals surface area contributed by atoms with Gasteiger partial charge < -0.3 is 4.90 Å². The van der Waals surface area contributed by atoms with Crippen LogP contribution >= 0.6 is 23.2 Å². The van der Waals surface area contributed by atoms with Crippen LogP contribution in [0, 0.1) is 0 Å². The minimum Gasteiger partial charge on any atom is -0.333 e. The first kappa shape index (κ1) is 19.8. The number of amides is 1. The molecular weight excluding hydrogens is 391 g/mol. The number of carbonyl (C=O) groups excluding carboxylic acids is 1. The van der Waals surface area contributed by atoms with E-state index in [0.29, 0.717) is 21.7 Å². The molecular formula is C23H26Cl2N2O. The topological polar surface area (TPSA) is 23.6 Å². The fourth-order valence-corrected chi connectivity index (χ4v) is 5.10. The molecule has 2 atom stereocenters. The molecule has 0 radical (unpaired) electrons. The quantitative estimate of drug-likeness (QED) is 0.607. The third-order valence-electron chi connectivity index (χ3n) is 6.20. The molecule has 0 N–H and O–H groups in total. The summed E-state index contributed by atoms with van der Waals surface area (Å²) in [4.78, 5) is 17.9. The van der Waals surface area contributed by atoms with Gasteiger partial charge in [-0.2, -0.15) is 0 Å². The van der Waals surface area contributed by atoms with Crippen molar-refractivity contribution in [3.05, 3.63) is 69.2 Å². The average molecular weight is 417 g/mol. The van der Waals surface area contributed by atoms with Crippen molar-refractivity contribution in [1.29, 1.82) is 0 Å². The van der Waals surface area contributed by atoms with Gasteiger partial charge in [0.2, 0.25) is 0 Å². The number of rotatable bonds is 3. The molecule has 0 bridgehead atoms. The minimum absolute atomic E-state index is 0.00975. The Labute approximate surface area is 177 Å². The van der Waals surface area contributed by atoms with Crippen LogP contribution in [-0.4, -0.2) is 41.9 Å². The molecule has 28 heavy (non-hydrogen) atoms. The number of halogens is 2. The Kier molecular flexibility index (Phi) is 5.96. The molecule has 1 fully saturated rings. The zero-order valence-electron chi connectivity index (χ0n) is 16.2. The standard InChI is InChI=1S/C23H26Cl2N2O/c1-26(23(28)17-11-12-19(24)20(25)15-17)22-18-9-3-2-7-16(18)8-6-10-21(22)27-13-4-5-14-27/h2-3,7,9,11-12,15,21-22H,4-6,8,10,13-14H2,1H3. The maximum absolute atomic E-state index is 13.4. The number of fused-ring (bicyclic) bond motifs is 1. The molecule has 3 nitrogen and oxygen atoms in total. The number of hydrogen-bond donors (Lipinski definition) is 0. The second-order valence-corrected chi connectivity index (χ2v) is 8.71. The van der Waals surface area contributed by atoms with Gasteiger partial charge in [-0.25, -0.2) is 0 Å². The SMILES string of the molecule is CN(C(=O)c1ccc(Cl)c(Cl)c1)C1c2ccccc2CCCC1N1CCCC1. The highest BCUT2D eigenvalue weighted by Crippen LogP contribution is 2.37. The van der Waals surface area contributed by atoms with Gasteiger partial charge >= 0.3 is 0 Å². The number of hydrogen-bond acceptors (Lipinski definition) is 2. The van der Waals surface area contributed by atoms with Crippen molar-refractivity contribution in [1.82, 2.24) is 9.80 Å². The first-order chi connectivity index (χ1) is 13.6. The highest BCUT2D eigenvalue weighted by atomic mass is 35.5. The first-order valence-corrected chi connectivity index (χ1v) is 10.9. The van der Waals surface area contributed by atoms with Gasteiger partial charge in [0.05, 0.1) is 16.1 Å². The molecule has 0 aromatic heterocycles. The third-order valence-corrected chi connectivity index (χ3v) is 6.94. The monoisotopic (exact) mass is 416 g/mol. The maximum atomic E-state index is 13.4. The summed E-state index contributed by atoms with van der Waals surface area (Å²) in [5.41, 5.74) is 3.23. The average Bonchev–Trinajstić information content (AvgIpc) is 3.17. The molecule has 1 saturated heterocycles. The van der Waals surface area contributed by atoms with E-state index in [2.05, 4.69) is 29.2 Å². The number of carbonyl (C=O) groups is 1. The molecule has 0 spiro atoms. The first-order valence-electron chi connectivity index (χ1n) is 10.1. The van der Waals surface area contributed by atoms with Crippen LogP contribution in [0.5, 0.6) is 0 Å². The minimum atomic E-state index is -0.00975. The van der Waals surface area contributed by atoms with Crippen molar-refractivity contribution >= 4 is 29.1 Å². The van der Waals surface area contributed by atoms with Crippen LogP contribution < -0.4 is 0 Å². The number of nitrogens with zero attached hydrogens (tertiary/aromatic N) is 2. The van der Waals surface area contributed by atoms with Gasteiger partial charge in [0.25, 0.3) is 5.91 Å². The second kappa shape index (κ2) is 8.44. The molecule has 1 amide bonds. The van der Waals surface area contributed by atoms with E-state index in [1.807, 2.05) is 11.9 Å². The Bertz CT molecular complexity index is 863. The predicted molar refractivity (Wildman–Crippen MR) is 115 cm³/mol. The Hall–Kier alpha value is -1.55. The van der Waals surface area contributed by atoms with Crippen molar-refractivity contribution in [2.45, 2.75) is 44.2 Å². The predicted octanol–water partition coefficient (Wildman–Crippen LogP) is 5.61. The van der Waals surface area contributed by atoms with E-state index < -0.39 is 0 Å². The summed E-state index contributed by atoms with van der Waals surface area (Å²) in [6.07, 6.45) is 5.83. The molecule has 5 heteroatoms. The van der Waals surface area contributed by atoms with E-state index in [9.17, 15) is 4.79 Å². The zero-order valence-corrected chi connectivity index (χ0v) is 17.7. The lowest BCUT2D eigenvalue weighted by molar-refractivity contribution is 0.0586. The fourth-order valence-electron chi connectivity index (χ4n) is 4.80. The van der Waals surface area contributed by atoms with Crippen LogP contribution in [-0.2, 0) is 6.42 Å². The number of benzene rings is 2. The summed E-state index contributed by atoms with van der Waals surface area (Å²) in [7, 11) is 1.93. The summed E-state index contributed by atoms with van der Waals surface area (Å²) in [5, 5.41) is 0.883. The van der Waals surface area contributed by atoms with Gasteiger partial charge in [0.1, 0.15) is 0 Å². The summed E-state index contributed by atoms with van der Waals surface area (Å²) < 4.78 is 0. The van der Waals surface area contributed by atoms with Crippen molar-refractivity contribution < 1.29 is 4.79 Å². The van der Waals surface area contributed by atoms with Gasteiger partial charge in [-0.3, -0.25) is 9.69 Å². The Morgan fingerprint density at radius 1 is 1.04 bits per heavy atom. The lowest BCUT2D eigenvalue weighted by Gasteiger charge is -2.39. The van der Waals surface area contributed by atoms with E-state index in [1.165, 1.54) is 24.0 Å². The van der Waals surface area contributed by atoms with Crippen molar-refractivity contribution in [3.8, 4) is 0 Å². The molecule has 2 aromatic carbocycles. The van der Waals surface area contributed by atoms with E-state index in [-0.39, 0.29) is 11.9 Å². The molecule has 0 saturated carbocycles.